The summed E-state index contributed by atoms with van der Waals surface area (Å²) < 4.78 is 9.47. The minimum Gasteiger partial charge on any atom is -0.456 e. The van der Waals surface area contributed by atoms with E-state index in [4.69, 9.17) is 16.0 Å². The molecule has 0 aliphatic carbocycles. The quantitative estimate of drug-likeness (QED) is 0.122. The predicted octanol–water partition coefficient (Wildman–Crippen LogP) is 16.4. The van der Waals surface area contributed by atoms with Crippen molar-refractivity contribution in [3.05, 3.63) is 242 Å². The number of furan rings is 1. The number of hydrogen-bond acceptors (Lipinski definition) is 3. The van der Waals surface area contributed by atoms with E-state index in [1.807, 2.05) is 18.2 Å². The van der Waals surface area contributed by atoms with E-state index in [2.05, 4.69) is 211 Å². The van der Waals surface area contributed by atoms with E-state index in [9.17, 15) is 0 Å². The smallest absolute Gasteiger partial charge is 0.151 e. The molecule has 0 amide bonds. The molecule has 0 bridgehead atoms. The molecular weight excluding hydrogens is 803 g/mol. The number of benzene rings is 11. The first kappa shape index (κ1) is 37.8. The standard InChI is InChI=1S/C62H41N3O/c1-3-55(48-28-29-50-47(33-48)27-25-40-15-10-11-21-49(40)50)64-62(63-38(2)41-26-24-39-14-4-5-16-42(39)32-41)60-56(31-30-52-51-22-12-13-23-59(51)66-61(52)60)65-57-36-45-19-8-6-17-43(45)34-53(57)54-35-44-18-7-9-20-46(44)37-58(54)65/h3-37,62-63H,1-2H2. The van der Waals surface area contributed by atoms with Gasteiger partial charge in [0.25, 0.3) is 0 Å². The maximum Gasteiger partial charge on any atom is 0.151 e. The zero-order valence-corrected chi connectivity index (χ0v) is 36.0. The largest absolute Gasteiger partial charge is 0.456 e. The van der Waals surface area contributed by atoms with E-state index in [-0.39, 0.29) is 0 Å². The van der Waals surface area contributed by atoms with Crippen LogP contribution in [-0.2, 0) is 0 Å². The van der Waals surface area contributed by atoms with Crippen LogP contribution in [0.15, 0.2) is 235 Å². The Morgan fingerprint density at radius 2 is 0.985 bits per heavy atom. The molecule has 0 spiro atoms. The number of aliphatic imine (C=N–C) groups is 1. The number of nitrogens with zero attached hydrogens (tertiary/aromatic N) is 2. The van der Waals surface area contributed by atoms with Crippen LogP contribution < -0.4 is 5.32 Å². The molecular formula is C62H41N3O. The number of nitrogens with one attached hydrogen (secondary N) is 1. The van der Waals surface area contributed by atoms with Crippen molar-refractivity contribution in [3.63, 3.8) is 0 Å². The maximum atomic E-state index is 7.05. The highest BCUT2D eigenvalue weighted by Crippen LogP contribution is 2.43. The fourth-order valence-electron chi connectivity index (χ4n) is 10.3. The number of fused-ring (bicyclic) bond motifs is 12. The van der Waals surface area contributed by atoms with Crippen molar-refractivity contribution in [2.24, 2.45) is 4.99 Å². The SMILES string of the molecule is C=CC(=NC(NC(=C)c1ccc2ccccc2c1)c1c(-n2c3cc4ccccc4cc3c3cc4ccccc4cc32)ccc2c1oc1ccccc12)c1ccc2c(ccc3ccccc32)c1. The molecule has 2 aromatic heterocycles. The maximum absolute atomic E-state index is 7.05. The van der Waals surface area contributed by atoms with E-state index < -0.39 is 6.17 Å². The van der Waals surface area contributed by atoms with Crippen LogP contribution in [0.3, 0.4) is 0 Å². The minimum atomic E-state index is -0.697. The molecule has 4 nitrogen and oxygen atoms in total. The lowest BCUT2D eigenvalue weighted by molar-refractivity contribution is 0.625. The van der Waals surface area contributed by atoms with Crippen molar-refractivity contribution < 1.29 is 4.42 Å². The normalized spacial score (nSPS) is 12.7. The van der Waals surface area contributed by atoms with Gasteiger partial charge in [-0.15, -0.1) is 0 Å². The van der Waals surface area contributed by atoms with Gasteiger partial charge in [-0.05, 0) is 120 Å². The Bertz CT molecular complexity index is 4110. The first-order valence-corrected chi connectivity index (χ1v) is 22.4. The Morgan fingerprint density at radius 1 is 0.470 bits per heavy atom. The van der Waals surface area contributed by atoms with Gasteiger partial charge in [0.15, 0.2) is 6.17 Å². The second-order valence-electron chi connectivity index (χ2n) is 17.3. The molecule has 13 rings (SSSR count). The van der Waals surface area contributed by atoms with Gasteiger partial charge in [0.05, 0.1) is 28.0 Å². The van der Waals surface area contributed by atoms with Crippen molar-refractivity contribution in [1.82, 2.24) is 9.88 Å². The van der Waals surface area contributed by atoms with E-state index >= 15 is 0 Å². The van der Waals surface area contributed by atoms with Crippen LogP contribution in [0.1, 0.15) is 22.9 Å². The number of aromatic nitrogens is 1. The summed E-state index contributed by atoms with van der Waals surface area (Å²) in [5, 5.41) is 20.1. The van der Waals surface area contributed by atoms with Crippen LogP contribution >= 0.6 is 0 Å². The molecule has 13 aromatic rings. The highest BCUT2D eigenvalue weighted by atomic mass is 16.3. The van der Waals surface area contributed by atoms with Crippen molar-refractivity contribution >= 4 is 109 Å². The van der Waals surface area contributed by atoms with Crippen molar-refractivity contribution in [2.75, 3.05) is 0 Å². The topological polar surface area (TPSA) is 42.5 Å². The molecule has 0 saturated heterocycles. The zero-order valence-electron chi connectivity index (χ0n) is 36.0. The highest BCUT2D eigenvalue weighted by Gasteiger charge is 2.27. The molecule has 0 aliphatic rings. The van der Waals surface area contributed by atoms with Crippen LogP contribution in [-0.4, -0.2) is 10.3 Å². The van der Waals surface area contributed by atoms with E-state index in [1.165, 1.54) is 53.9 Å². The number of rotatable bonds is 8. The average molecular weight is 844 g/mol. The Kier molecular flexibility index (Phi) is 8.55. The Morgan fingerprint density at radius 3 is 1.68 bits per heavy atom. The predicted molar refractivity (Wildman–Crippen MR) is 280 cm³/mol. The van der Waals surface area contributed by atoms with Gasteiger partial charge in [-0.2, -0.15) is 0 Å². The summed E-state index contributed by atoms with van der Waals surface area (Å²) in [6.07, 6.45) is 1.17. The van der Waals surface area contributed by atoms with E-state index in [1.54, 1.807) is 0 Å². The van der Waals surface area contributed by atoms with Crippen LogP contribution in [0.25, 0.3) is 109 Å². The second-order valence-corrected chi connectivity index (χ2v) is 17.3. The van der Waals surface area contributed by atoms with Gasteiger partial charge in [-0.3, -0.25) is 4.99 Å². The number of allylic oxidation sites excluding steroid dienone is 1. The molecule has 0 fully saturated rings. The second kappa shape index (κ2) is 14.9. The molecule has 1 N–H and O–H groups in total. The third-order valence-electron chi connectivity index (χ3n) is 13.5. The molecule has 11 aromatic carbocycles. The average Bonchev–Trinajstić information content (AvgIpc) is 3.90. The van der Waals surface area contributed by atoms with E-state index in [0.29, 0.717) is 0 Å². The molecule has 66 heavy (non-hydrogen) atoms. The lowest BCUT2D eigenvalue weighted by Crippen LogP contribution is -2.21. The zero-order chi connectivity index (χ0) is 43.9. The number of para-hydroxylation sites is 1. The fraction of sp³-hybridized carbons (Fsp3) is 0.0161. The van der Waals surface area contributed by atoms with Crippen molar-refractivity contribution in [3.8, 4) is 5.69 Å². The first-order valence-electron chi connectivity index (χ1n) is 22.4. The van der Waals surface area contributed by atoms with Crippen LogP contribution in [0, 0.1) is 0 Å². The van der Waals surface area contributed by atoms with Crippen LogP contribution in [0.4, 0.5) is 0 Å². The molecule has 2 heterocycles. The summed E-state index contributed by atoms with van der Waals surface area (Å²) in [4.78, 5) is 5.74. The summed E-state index contributed by atoms with van der Waals surface area (Å²) in [5.74, 6) is 0. The Balaban J connectivity index is 1.11. The van der Waals surface area contributed by atoms with Gasteiger partial charge in [0.2, 0.25) is 0 Å². The van der Waals surface area contributed by atoms with Gasteiger partial charge >= 0.3 is 0 Å². The van der Waals surface area contributed by atoms with Gasteiger partial charge in [-0.1, -0.05) is 165 Å². The molecule has 0 saturated carbocycles. The van der Waals surface area contributed by atoms with Crippen LogP contribution in [0.5, 0.6) is 0 Å². The summed E-state index contributed by atoms with van der Waals surface area (Å²) in [7, 11) is 0. The van der Waals surface area contributed by atoms with Gasteiger partial charge in [-0.25, -0.2) is 0 Å². The summed E-state index contributed by atoms with van der Waals surface area (Å²) in [6.45, 7) is 9.10. The van der Waals surface area contributed by atoms with Crippen molar-refractivity contribution in [2.45, 2.75) is 6.17 Å². The Hall–Kier alpha value is -8.73. The van der Waals surface area contributed by atoms with Crippen molar-refractivity contribution in [1.29, 1.82) is 0 Å². The molecule has 310 valence electrons. The molecule has 0 aliphatic heterocycles. The molecule has 4 heteroatoms. The van der Waals surface area contributed by atoms with Crippen LogP contribution in [0.2, 0.25) is 0 Å². The first-order chi connectivity index (χ1) is 32.6. The summed E-state index contributed by atoms with van der Waals surface area (Å²) in [6, 6.07) is 73.7. The Labute approximate surface area is 380 Å². The van der Waals surface area contributed by atoms with Gasteiger partial charge in [0.1, 0.15) is 11.2 Å². The molecule has 1 atom stereocenters. The summed E-state index contributed by atoms with van der Waals surface area (Å²) in [5.41, 5.74) is 9.01. The lowest BCUT2D eigenvalue weighted by atomic mass is 9.98. The number of hydrogen-bond donors (Lipinski definition) is 1. The van der Waals surface area contributed by atoms with Gasteiger partial charge in [0, 0.05) is 32.8 Å². The minimum absolute atomic E-state index is 0.697. The lowest BCUT2D eigenvalue weighted by Gasteiger charge is -2.24. The third kappa shape index (κ3) is 6.03. The molecule has 1 unspecified atom stereocenters. The third-order valence-corrected chi connectivity index (χ3v) is 13.5. The van der Waals surface area contributed by atoms with Gasteiger partial charge < -0.3 is 14.3 Å². The summed E-state index contributed by atoms with van der Waals surface area (Å²) >= 11 is 0. The monoisotopic (exact) mass is 843 g/mol. The van der Waals surface area contributed by atoms with E-state index in [0.717, 1.165) is 77.5 Å². The molecule has 0 radical (unpaired) electrons. The fourth-order valence-corrected chi connectivity index (χ4v) is 10.3. The highest BCUT2D eigenvalue weighted by molar-refractivity contribution is 6.18.